The van der Waals surface area contributed by atoms with Crippen molar-refractivity contribution in [3.8, 4) is 0 Å². The zero-order valence-electron chi connectivity index (χ0n) is 9.63. The van der Waals surface area contributed by atoms with E-state index >= 15 is 0 Å². The molecule has 17 heavy (non-hydrogen) atoms. The minimum atomic E-state index is -3.42. The molecule has 0 spiro atoms. The van der Waals surface area contributed by atoms with Gasteiger partial charge in [-0.25, -0.2) is 13.1 Å². The molecule has 1 aliphatic rings. The van der Waals surface area contributed by atoms with Crippen LogP contribution in [0, 0.1) is 0 Å². The summed E-state index contributed by atoms with van der Waals surface area (Å²) < 4.78 is 25.7. The van der Waals surface area contributed by atoms with Crippen molar-refractivity contribution < 1.29 is 23.4 Å². The van der Waals surface area contributed by atoms with Crippen molar-refractivity contribution in [2.45, 2.75) is 50.7 Å². The summed E-state index contributed by atoms with van der Waals surface area (Å²) in [6.07, 6.45) is 2.23. The van der Waals surface area contributed by atoms with Gasteiger partial charge in [0.1, 0.15) is 0 Å². The predicted molar refractivity (Wildman–Crippen MR) is 62.1 cm³/mol. The molecule has 0 bridgehead atoms. The molecule has 1 fully saturated rings. The third kappa shape index (κ3) is 5.99. The smallest absolute Gasteiger partial charge is 0.303 e. The molecular formula is C10H19NO5S. The Balaban J connectivity index is 2.35. The fraction of sp³-hybridized carbons (Fsp3) is 0.900. The Morgan fingerprint density at radius 3 is 2.65 bits per heavy atom. The van der Waals surface area contributed by atoms with Crippen molar-refractivity contribution in [2.75, 3.05) is 5.75 Å². The molecule has 0 aliphatic heterocycles. The molecule has 100 valence electrons. The molecule has 7 heteroatoms. The number of aliphatic carboxylic acids is 1. The highest BCUT2D eigenvalue weighted by molar-refractivity contribution is 7.89. The van der Waals surface area contributed by atoms with Gasteiger partial charge in [0.05, 0.1) is 11.9 Å². The van der Waals surface area contributed by atoms with Crippen molar-refractivity contribution in [3.05, 3.63) is 0 Å². The molecule has 0 aromatic rings. The molecule has 3 N–H and O–H groups in total. The summed E-state index contributed by atoms with van der Waals surface area (Å²) in [6.45, 7) is 0. The first-order chi connectivity index (χ1) is 7.89. The van der Waals surface area contributed by atoms with E-state index in [1.54, 1.807) is 0 Å². The third-order valence-electron chi connectivity index (χ3n) is 2.80. The minimum absolute atomic E-state index is 0.111. The van der Waals surface area contributed by atoms with Crippen LogP contribution in [0.2, 0.25) is 0 Å². The van der Waals surface area contributed by atoms with Gasteiger partial charge in [-0.15, -0.1) is 0 Å². The molecule has 0 saturated heterocycles. The Hall–Kier alpha value is -0.660. The molecule has 0 radical (unpaired) electrons. The van der Waals surface area contributed by atoms with Crippen LogP contribution in [-0.4, -0.2) is 42.5 Å². The van der Waals surface area contributed by atoms with Gasteiger partial charge in [0.25, 0.3) is 0 Å². The number of carboxylic acids is 1. The van der Waals surface area contributed by atoms with E-state index in [4.69, 9.17) is 5.11 Å². The van der Waals surface area contributed by atoms with Crippen molar-refractivity contribution in [2.24, 2.45) is 0 Å². The van der Waals surface area contributed by atoms with Crippen LogP contribution in [0.15, 0.2) is 0 Å². The number of aliphatic hydroxyl groups is 1. The summed E-state index contributed by atoms with van der Waals surface area (Å²) in [4.78, 5) is 10.3. The van der Waals surface area contributed by atoms with Crippen LogP contribution in [0.3, 0.4) is 0 Å². The topological polar surface area (TPSA) is 104 Å². The van der Waals surface area contributed by atoms with E-state index in [9.17, 15) is 18.3 Å². The highest BCUT2D eigenvalue weighted by Gasteiger charge is 2.24. The van der Waals surface area contributed by atoms with Crippen molar-refractivity contribution in [1.82, 2.24) is 4.72 Å². The second kappa shape index (κ2) is 6.32. The van der Waals surface area contributed by atoms with Gasteiger partial charge >= 0.3 is 5.97 Å². The molecule has 0 amide bonds. The molecule has 0 aromatic carbocycles. The van der Waals surface area contributed by atoms with Crippen LogP contribution in [0.4, 0.5) is 0 Å². The Labute approximate surface area is 101 Å². The van der Waals surface area contributed by atoms with Crippen LogP contribution in [0.1, 0.15) is 38.5 Å². The molecule has 1 rings (SSSR count). The molecular weight excluding hydrogens is 246 g/mol. The number of carboxylic acid groups (broad SMARTS) is 1. The molecule has 2 unspecified atom stereocenters. The number of sulfonamides is 1. The summed E-state index contributed by atoms with van der Waals surface area (Å²) in [5.74, 6) is -1.17. The normalized spacial score (nSPS) is 25.7. The number of rotatable bonds is 6. The lowest BCUT2D eigenvalue weighted by Gasteiger charge is -2.26. The Kier molecular flexibility index (Phi) is 5.35. The highest BCUT2D eigenvalue weighted by Crippen LogP contribution is 2.19. The molecule has 0 aromatic heterocycles. The first kappa shape index (κ1) is 14.4. The number of carbonyl (C=O) groups is 1. The van der Waals surface area contributed by atoms with Gasteiger partial charge in [0.15, 0.2) is 0 Å². The van der Waals surface area contributed by atoms with Gasteiger partial charge in [-0.2, -0.15) is 0 Å². The average molecular weight is 265 g/mol. The zero-order valence-corrected chi connectivity index (χ0v) is 10.4. The molecule has 1 saturated carbocycles. The Morgan fingerprint density at radius 2 is 2.06 bits per heavy atom. The SMILES string of the molecule is O=C(O)CCCS(=O)(=O)NC1CCCC(O)C1. The van der Waals surface area contributed by atoms with Crippen LogP contribution >= 0.6 is 0 Å². The number of nitrogens with one attached hydrogen (secondary N) is 1. The van der Waals surface area contributed by atoms with Crippen LogP contribution in [0.25, 0.3) is 0 Å². The lowest BCUT2D eigenvalue weighted by atomic mass is 9.94. The lowest BCUT2D eigenvalue weighted by molar-refractivity contribution is -0.137. The van der Waals surface area contributed by atoms with Crippen molar-refractivity contribution >= 4 is 16.0 Å². The number of aliphatic hydroxyl groups excluding tert-OH is 1. The van der Waals surface area contributed by atoms with Gasteiger partial charge < -0.3 is 10.2 Å². The van der Waals surface area contributed by atoms with Gasteiger partial charge in [0, 0.05) is 12.5 Å². The standard InChI is InChI=1S/C10H19NO5S/c12-9-4-1-3-8(7-9)11-17(15,16)6-2-5-10(13)14/h8-9,11-12H,1-7H2,(H,13,14). The summed E-state index contributed by atoms with van der Waals surface area (Å²) in [6, 6.07) is -0.214. The third-order valence-corrected chi connectivity index (χ3v) is 4.32. The van der Waals surface area contributed by atoms with Gasteiger partial charge in [-0.3, -0.25) is 4.79 Å². The van der Waals surface area contributed by atoms with Crippen LogP contribution in [-0.2, 0) is 14.8 Å². The van der Waals surface area contributed by atoms with Crippen molar-refractivity contribution in [3.63, 3.8) is 0 Å². The van der Waals surface area contributed by atoms with Gasteiger partial charge in [-0.05, 0) is 32.1 Å². The second-order valence-corrected chi connectivity index (χ2v) is 6.32. The minimum Gasteiger partial charge on any atom is -0.481 e. The maximum absolute atomic E-state index is 11.6. The summed E-state index contributed by atoms with van der Waals surface area (Å²) >= 11 is 0. The summed E-state index contributed by atoms with van der Waals surface area (Å²) in [5, 5.41) is 17.8. The van der Waals surface area contributed by atoms with E-state index in [0.717, 1.165) is 19.3 Å². The quantitative estimate of drug-likeness (QED) is 0.630. The molecule has 1 aliphatic carbocycles. The van der Waals surface area contributed by atoms with E-state index in [2.05, 4.69) is 4.72 Å². The van der Waals surface area contributed by atoms with Gasteiger partial charge in [0.2, 0.25) is 10.0 Å². The molecule has 0 heterocycles. The van der Waals surface area contributed by atoms with Crippen LogP contribution < -0.4 is 4.72 Å². The largest absolute Gasteiger partial charge is 0.481 e. The fourth-order valence-electron chi connectivity index (χ4n) is 2.00. The van der Waals surface area contributed by atoms with E-state index in [1.807, 2.05) is 0 Å². The number of hydrogen-bond donors (Lipinski definition) is 3. The van der Waals surface area contributed by atoms with E-state index in [1.165, 1.54) is 0 Å². The van der Waals surface area contributed by atoms with Crippen molar-refractivity contribution in [1.29, 1.82) is 0 Å². The second-order valence-electron chi connectivity index (χ2n) is 4.45. The highest BCUT2D eigenvalue weighted by atomic mass is 32.2. The Morgan fingerprint density at radius 1 is 1.35 bits per heavy atom. The first-order valence-corrected chi connectivity index (χ1v) is 7.44. The Bertz CT molecular complexity index is 354. The van der Waals surface area contributed by atoms with E-state index in [0.29, 0.717) is 6.42 Å². The summed E-state index contributed by atoms with van der Waals surface area (Å²) in [7, 11) is -3.42. The molecule has 2 atom stereocenters. The van der Waals surface area contributed by atoms with Crippen LogP contribution in [0.5, 0.6) is 0 Å². The van der Waals surface area contributed by atoms with E-state index in [-0.39, 0.29) is 24.6 Å². The first-order valence-electron chi connectivity index (χ1n) is 5.79. The number of hydrogen-bond acceptors (Lipinski definition) is 4. The molecule has 6 nitrogen and oxygen atoms in total. The maximum Gasteiger partial charge on any atom is 0.303 e. The lowest BCUT2D eigenvalue weighted by Crippen LogP contribution is -2.40. The average Bonchev–Trinajstić information content (AvgIpc) is 2.15. The maximum atomic E-state index is 11.6. The fourth-order valence-corrected chi connectivity index (χ4v) is 3.36. The van der Waals surface area contributed by atoms with E-state index < -0.39 is 22.1 Å². The zero-order chi connectivity index (χ0) is 12.9. The predicted octanol–water partition coefficient (Wildman–Crippen LogP) is 0.0741. The monoisotopic (exact) mass is 265 g/mol. The summed E-state index contributed by atoms with van der Waals surface area (Å²) in [5.41, 5.74) is 0. The van der Waals surface area contributed by atoms with Gasteiger partial charge in [-0.1, -0.05) is 0 Å².